The largest absolute Gasteiger partial charge is 0.462 e. The number of alkyl halides is 4. The van der Waals surface area contributed by atoms with Crippen molar-refractivity contribution in [3.63, 3.8) is 0 Å². The molecule has 3 atom stereocenters. The lowest BCUT2D eigenvalue weighted by atomic mass is 9.99. The normalized spacial score (nSPS) is 22.7. The topological polar surface area (TPSA) is 53.8 Å². The summed E-state index contributed by atoms with van der Waals surface area (Å²) >= 11 is 6.44. The summed E-state index contributed by atoms with van der Waals surface area (Å²) in [5.74, 6) is -0.827. The van der Waals surface area contributed by atoms with Gasteiger partial charge in [0, 0.05) is 73.7 Å². The molecule has 2 aromatic carbocycles. The van der Waals surface area contributed by atoms with E-state index in [4.69, 9.17) is 16.3 Å². The molecule has 3 aliphatic rings. The van der Waals surface area contributed by atoms with Crippen LogP contribution in [-0.2, 0) is 10.9 Å². The lowest BCUT2D eigenvalue weighted by Crippen LogP contribution is -2.47. The van der Waals surface area contributed by atoms with Crippen molar-refractivity contribution in [3.8, 4) is 11.1 Å². The summed E-state index contributed by atoms with van der Waals surface area (Å²) in [5.41, 5.74) is 2.21. The molecule has 236 valence electrons. The highest BCUT2D eigenvalue weighted by molar-refractivity contribution is 6.31. The van der Waals surface area contributed by atoms with Crippen LogP contribution in [0.2, 0.25) is 5.02 Å². The highest BCUT2D eigenvalue weighted by Gasteiger charge is 2.43. The number of halogens is 5. The lowest BCUT2D eigenvalue weighted by molar-refractivity contribution is -0.145. The van der Waals surface area contributed by atoms with Gasteiger partial charge in [-0.15, -0.1) is 0 Å². The Morgan fingerprint density at radius 2 is 1.77 bits per heavy atom. The van der Waals surface area contributed by atoms with Gasteiger partial charge in [0.1, 0.15) is 11.7 Å². The highest BCUT2D eigenvalue weighted by Crippen LogP contribution is 2.40. The van der Waals surface area contributed by atoms with E-state index in [-0.39, 0.29) is 19.1 Å². The van der Waals surface area contributed by atoms with Gasteiger partial charge in [-0.25, -0.2) is 9.18 Å². The molecule has 0 N–H and O–H groups in total. The van der Waals surface area contributed by atoms with Crippen molar-refractivity contribution in [2.45, 2.75) is 44.6 Å². The van der Waals surface area contributed by atoms with Crippen LogP contribution < -0.4 is 9.80 Å². The molecule has 12 heteroatoms. The molecule has 44 heavy (non-hydrogen) atoms. The number of hydrogen-bond acceptors (Lipinski definition) is 6. The van der Waals surface area contributed by atoms with E-state index in [1.165, 1.54) is 0 Å². The molecule has 3 unspecified atom stereocenters. The van der Waals surface area contributed by atoms with Gasteiger partial charge in [0.2, 0.25) is 0 Å². The van der Waals surface area contributed by atoms with Crippen LogP contribution >= 0.6 is 11.6 Å². The van der Waals surface area contributed by atoms with Crippen molar-refractivity contribution in [3.05, 3.63) is 64.9 Å². The van der Waals surface area contributed by atoms with Gasteiger partial charge in [0.05, 0.1) is 18.8 Å². The summed E-state index contributed by atoms with van der Waals surface area (Å²) in [6.07, 6.45) is -2.62. The Morgan fingerprint density at radius 3 is 2.43 bits per heavy atom. The predicted molar refractivity (Wildman–Crippen MR) is 162 cm³/mol. The number of ether oxygens (including phenoxy) is 1. The van der Waals surface area contributed by atoms with Gasteiger partial charge >= 0.3 is 12.1 Å². The second kappa shape index (κ2) is 12.6. The van der Waals surface area contributed by atoms with Crippen molar-refractivity contribution in [2.24, 2.45) is 5.92 Å². The first-order chi connectivity index (χ1) is 21.1. The zero-order valence-electron chi connectivity index (χ0n) is 24.6. The molecule has 2 saturated heterocycles. The fraction of sp³-hybridized carbons (Fsp3) is 0.500. The van der Waals surface area contributed by atoms with Gasteiger partial charge in [-0.3, -0.25) is 9.58 Å². The summed E-state index contributed by atoms with van der Waals surface area (Å²) in [6, 6.07) is 13.3. The lowest BCUT2D eigenvalue weighted by Gasteiger charge is -2.37. The molecule has 2 aliphatic heterocycles. The van der Waals surface area contributed by atoms with E-state index in [1.807, 2.05) is 18.2 Å². The quantitative estimate of drug-likeness (QED) is 0.203. The Kier molecular flexibility index (Phi) is 8.79. The maximum atomic E-state index is 14.2. The standard InChI is InChI=1S/C32H36ClF4N5O2/c1-2-44-31(43)27-18-38-42(30(27)32(35,36)37)25-4-3-11-41(20-25)29-17-23(33)7-10-26(29)21-5-8-24(9-6-21)40-14-12-39(13-15-40)19-22-16-28(22)34/h5-10,17-18,22,25,28H,2-4,11-16,19-20H2,1H3. The fourth-order valence-corrected chi connectivity index (χ4v) is 6.60. The molecule has 0 bridgehead atoms. The summed E-state index contributed by atoms with van der Waals surface area (Å²) in [5, 5.41) is 4.57. The number of carbonyl (C=O) groups is 1. The zero-order chi connectivity index (χ0) is 31.0. The number of hydrogen-bond donors (Lipinski definition) is 0. The Hall–Kier alpha value is -3.31. The summed E-state index contributed by atoms with van der Waals surface area (Å²) in [7, 11) is 0. The van der Waals surface area contributed by atoms with Crippen LogP contribution in [0.5, 0.6) is 0 Å². The first-order valence-electron chi connectivity index (χ1n) is 15.2. The maximum absolute atomic E-state index is 14.2. The summed E-state index contributed by atoms with van der Waals surface area (Å²) in [4.78, 5) is 19.0. The molecule has 3 heterocycles. The third kappa shape index (κ3) is 6.54. The Balaban J connectivity index is 1.20. The fourth-order valence-electron chi connectivity index (χ4n) is 6.44. The van der Waals surface area contributed by atoms with Gasteiger partial charge in [0.15, 0.2) is 5.69 Å². The van der Waals surface area contributed by atoms with Crippen molar-refractivity contribution in [1.29, 1.82) is 0 Å². The minimum absolute atomic E-state index is 0.0317. The van der Waals surface area contributed by atoms with Gasteiger partial charge in [-0.2, -0.15) is 18.3 Å². The molecule has 0 amide bonds. The number of nitrogens with zero attached hydrogens (tertiary/aromatic N) is 5. The highest BCUT2D eigenvalue weighted by atomic mass is 35.5. The number of rotatable bonds is 8. The maximum Gasteiger partial charge on any atom is 0.433 e. The van der Waals surface area contributed by atoms with E-state index >= 15 is 0 Å². The monoisotopic (exact) mass is 633 g/mol. The SMILES string of the molecule is CCOC(=O)c1cnn(C2CCCN(c3cc(Cl)ccc3-c3ccc(N4CCN(CC5CC5F)CC4)cc3)C2)c1C(F)(F)F. The molecule has 1 aromatic heterocycles. The van der Waals surface area contributed by atoms with Gasteiger partial charge < -0.3 is 14.5 Å². The van der Waals surface area contributed by atoms with E-state index in [9.17, 15) is 22.4 Å². The molecule has 3 fully saturated rings. The van der Waals surface area contributed by atoms with E-state index in [0.29, 0.717) is 30.8 Å². The van der Waals surface area contributed by atoms with Crippen LogP contribution in [0.3, 0.4) is 0 Å². The molecule has 6 rings (SSSR count). The molecular formula is C32H36ClF4N5O2. The zero-order valence-corrected chi connectivity index (χ0v) is 25.3. The number of piperidine rings is 1. The van der Waals surface area contributed by atoms with Crippen molar-refractivity contribution in [2.75, 3.05) is 62.2 Å². The van der Waals surface area contributed by atoms with Crippen LogP contribution in [0.4, 0.5) is 28.9 Å². The van der Waals surface area contributed by atoms with Crippen LogP contribution in [0.25, 0.3) is 11.1 Å². The third-order valence-corrected chi connectivity index (χ3v) is 9.08. The Labute approximate surface area is 259 Å². The van der Waals surface area contributed by atoms with E-state index < -0.39 is 35.6 Å². The van der Waals surface area contributed by atoms with Crippen LogP contribution in [0.1, 0.15) is 48.3 Å². The second-order valence-electron chi connectivity index (χ2n) is 11.8. The third-order valence-electron chi connectivity index (χ3n) is 8.85. The van der Waals surface area contributed by atoms with Crippen molar-refractivity contribution in [1.82, 2.24) is 14.7 Å². The molecule has 0 radical (unpaired) electrons. The molecule has 1 saturated carbocycles. The summed E-state index contributed by atoms with van der Waals surface area (Å²) < 4.78 is 61.7. The van der Waals surface area contributed by atoms with Gasteiger partial charge in [-0.05, 0) is 56.0 Å². The molecule has 0 spiro atoms. The number of benzene rings is 2. The molecule has 3 aromatic rings. The Morgan fingerprint density at radius 1 is 1.05 bits per heavy atom. The number of carbonyl (C=O) groups excluding carboxylic acids is 1. The molecule has 1 aliphatic carbocycles. The molecule has 7 nitrogen and oxygen atoms in total. The average molecular weight is 634 g/mol. The first kappa shape index (κ1) is 30.7. The van der Waals surface area contributed by atoms with E-state index in [1.54, 1.807) is 6.92 Å². The minimum Gasteiger partial charge on any atom is -0.462 e. The van der Waals surface area contributed by atoms with E-state index in [2.05, 4.69) is 44.1 Å². The minimum atomic E-state index is -4.77. The average Bonchev–Trinajstić information content (AvgIpc) is 3.50. The number of piperazine rings is 1. The Bertz CT molecular complexity index is 1470. The number of anilines is 2. The number of esters is 1. The van der Waals surface area contributed by atoms with E-state index in [0.717, 1.165) is 66.1 Å². The summed E-state index contributed by atoms with van der Waals surface area (Å²) in [6.45, 7) is 6.87. The molecular weight excluding hydrogens is 598 g/mol. The first-order valence-corrected chi connectivity index (χ1v) is 15.6. The van der Waals surface area contributed by atoms with Crippen molar-refractivity contribution < 1.29 is 27.1 Å². The smallest absolute Gasteiger partial charge is 0.433 e. The van der Waals surface area contributed by atoms with Crippen LogP contribution in [0, 0.1) is 5.92 Å². The van der Waals surface area contributed by atoms with Crippen LogP contribution in [-0.4, -0.2) is 79.2 Å². The van der Waals surface area contributed by atoms with Crippen molar-refractivity contribution >= 4 is 28.9 Å². The number of aromatic nitrogens is 2. The second-order valence-corrected chi connectivity index (χ2v) is 12.3. The van der Waals surface area contributed by atoms with Crippen LogP contribution in [0.15, 0.2) is 48.7 Å². The van der Waals surface area contributed by atoms with Gasteiger partial charge in [-0.1, -0.05) is 29.8 Å². The van der Waals surface area contributed by atoms with Gasteiger partial charge in [0.25, 0.3) is 0 Å². The predicted octanol–water partition coefficient (Wildman–Crippen LogP) is 6.72.